The van der Waals surface area contributed by atoms with E-state index in [9.17, 15) is 0 Å². The van der Waals surface area contributed by atoms with Crippen LogP contribution in [0, 0.1) is 6.92 Å². The van der Waals surface area contributed by atoms with Crippen LogP contribution in [0.5, 0.6) is 5.75 Å². The number of ether oxygens (including phenoxy) is 1. The summed E-state index contributed by atoms with van der Waals surface area (Å²) in [6.07, 6.45) is 2.38. The van der Waals surface area contributed by atoms with E-state index in [4.69, 9.17) is 10.5 Å². The number of methoxy groups -OCH3 is 1. The molecule has 0 saturated heterocycles. The SMILES string of the molecule is COc1ccc(Br)cc1-c1nc(C)n(C2CC2)c1N. The number of hydrogen-bond donors (Lipinski definition) is 1. The summed E-state index contributed by atoms with van der Waals surface area (Å²) in [5.41, 5.74) is 8.02. The van der Waals surface area contributed by atoms with E-state index in [0.29, 0.717) is 6.04 Å². The lowest BCUT2D eigenvalue weighted by Crippen LogP contribution is -2.02. The zero-order chi connectivity index (χ0) is 13.6. The fraction of sp³-hybridized carbons (Fsp3) is 0.357. The molecular weight excluding hydrogens is 306 g/mol. The van der Waals surface area contributed by atoms with Gasteiger partial charge in [-0.15, -0.1) is 0 Å². The number of aryl methyl sites for hydroxylation is 1. The summed E-state index contributed by atoms with van der Waals surface area (Å²) in [7, 11) is 1.66. The summed E-state index contributed by atoms with van der Waals surface area (Å²) in [6, 6.07) is 6.39. The first kappa shape index (κ1) is 12.5. The van der Waals surface area contributed by atoms with Crippen molar-refractivity contribution in [2.75, 3.05) is 12.8 Å². The van der Waals surface area contributed by atoms with Gasteiger partial charge in [-0.1, -0.05) is 15.9 Å². The summed E-state index contributed by atoms with van der Waals surface area (Å²) in [4.78, 5) is 4.63. The molecule has 1 heterocycles. The first-order chi connectivity index (χ1) is 9.11. The molecule has 2 aromatic rings. The molecule has 0 spiro atoms. The van der Waals surface area contributed by atoms with Gasteiger partial charge in [-0.2, -0.15) is 0 Å². The lowest BCUT2D eigenvalue weighted by atomic mass is 10.1. The van der Waals surface area contributed by atoms with Crippen LogP contribution in [0.2, 0.25) is 0 Å². The predicted octanol–water partition coefficient (Wildman–Crippen LogP) is 3.55. The van der Waals surface area contributed by atoms with Gasteiger partial charge in [0.2, 0.25) is 0 Å². The van der Waals surface area contributed by atoms with Crippen molar-refractivity contribution in [1.29, 1.82) is 0 Å². The second kappa shape index (κ2) is 4.56. The molecule has 0 unspecified atom stereocenters. The van der Waals surface area contributed by atoms with Gasteiger partial charge >= 0.3 is 0 Å². The minimum atomic E-state index is 0.527. The zero-order valence-electron chi connectivity index (χ0n) is 11.0. The number of halogens is 1. The van der Waals surface area contributed by atoms with Crippen LogP contribution in [-0.4, -0.2) is 16.7 Å². The molecule has 0 aliphatic heterocycles. The molecule has 0 amide bonds. The molecule has 19 heavy (non-hydrogen) atoms. The van der Waals surface area contributed by atoms with E-state index in [1.807, 2.05) is 25.1 Å². The van der Waals surface area contributed by atoms with Crippen molar-refractivity contribution in [3.63, 3.8) is 0 Å². The summed E-state index contributed by atoms with van der Waals surface area (Å²) in [5, 5.41) is 0. The Kier molecular flexibility index (Phi) is 3.01. The second-order valence-corrected chi connectivity index (χ2v) is 5.75. The molecule has 1 aromatic carbocycles. The second-order valence-electron chi connectivity index (χ2n) is 4.84. The highest BCUT2D eigenvalue weighted by Gasteiger charge is 2.29. The monoisotopic (exact) mass is 321 g/mol. The lowest BCUT2D eigenvalue weighted by molar-refractivity contribution is 0.416. The first-order valence-electron chi connectivity index (χ1n) is 6.30. The fourth-order valence-corrected chi connectivity index (χ4v) is 2.78. The average Bonchev–Trinajstić information content (AvgIpc) is 3.16. The number of hydrogen-bond acceptors (Lipinski definition) is 3. The number of nitrogens with zero attached hydrogens (tertiary/aromatic N) is 2. The molecule has 1 aromatic heterocycles. The van der Waals surface area contributed by atoms with Crippen LogP contribution in [0.4, 0.5) is 5.82 Å². The van der Waals surface area contributed by atoms with Crippen LogP contribution in [0.25, 0.3) is 11.3 Å². The molecule has 2 N–H and O–H groups in total. The van der Waals surface area contributed by atoms with E-state index in [1.165, 1.54) is 12.8 Å². The van der Waals surface area contributed by atoms with E-state index in [2.05, 4.69) is 25.5 Å². The largest absolute Gasteiger partial charge is 0.496 e. The Bertz CT molecular complexity index is 632. The minimum Gasteiger partial charge on any atom is -0.496 e. The molecule has 100 valence electrons. The minimum absolute atomic E-state index is 0.527. The Balaban J connectivity index is 2.16. The van der Waals surface area contributed by atoms with Crippen LogP contribution >= 0.6 is 15.9 Å². The molecular formula is C14H16BrN3O. The smallest absolute Gasteiger partial charge is 0.132 e. The van der Waals surface area contributed by atoms with Crippen molar-refractivity contribution in [3.05, 3.63) is 28.5 Å². The quantitative estimate of drug-likeness (QED) is 0.940. The van der Waals surface area contributed by atoms with Crippen LogP contribution in [-0.2, 0) is 0 Å². The number of benzene rings is 1. The van der Waals surface area contributed by atoms with Gasteiger partial charge < -0.3 is 15.0 Å². The van der Waals surface area contributed by atoms with E-state index in [0.717, 1.165) is 33.1 Å². The molecule has 5 heteroatoms. The van der Waals surface area contributed by atoms with Crippen molar-refractivity contribution in [2.45, 2.75) is 25.8 Å². The van der Waals surface area contributed by atoms with Gasteiger partial charge in [0.25, 0.3) is 0 Å². The third-order valence-electron chi connectivity index (χ3n) is 3.45. The van der Waals surface area contributed by atoms with E-state index >= 15 is 0 Å². The maximum Gasteiger partial charge on any atom is 0.132 e. The first-order valence-corrected chi connectivity index (χ1v) is 7.09. The average molecular weight is 322 g/mol. The molecule has 3 rings (SSSR count). The highest BCUT2D eigenvalue weighted by Crippen LogP contribution is 2.42. The van der Waals surface area contributed by atoms with Crippen LogP contribution in [0.1, 0.15) is 24.7 Å². The highest BCUT2D eigenvalue weighted by molar-refractivity contribution is 9.10. The number of anilines is 1. The summed E-state index contributed by atoms with van der Waals surface area (Å²) >= 11 is 3.48. The Hall–Kier alpha value is -1.49. The van der Waals surface area contributed by atoms with Gasteiger partial charge in [0.05, 0.1) is 7.11 Å². The van der Waals surface area contributed by atoms with Gasteiger partial charge in [-0.05, 0) is 38.0 Å². The number of imidazole rings is 1. The summed E-state index contributed by atoms with van der Waals surface area (Å²) in [6.45, 7) is 2.00. The van der Waals surface area contributed by atoms with Crippen LogP contribution in [0.15, 0.2) is 22.7 Å². The number of aromatic nitrogens is 2. The molecule has 0 atom stereocenters. The van der Waals surface area contributed by atoms with Gasteiger partial charge in [-0.25, -0.2) is 4.98 Å². The van der Waals surface area contributed by atoms with E-state index < -0.39 is 0 Å². The van der Waals surface area contributed by atoms with Crippen molar-refractivity contribution < 1.29 is 4.74 Å². The maximum absolute atomic E-state index is 6.28. The van der Waals surface area contributed by atoms with Gasteiger partial charge in [0.1, 0.15) is 23.1 Å². The third-order valence-corrected chi connectivity index (χ3v) is 3.95. The summed E-state index contributed by atoms with van der Waals surface area (Å²) < 4.78 is 8.53. The third kappa shape index (κ3) is 2.12. The molecule has 4 nitrogen and oxygen atoms in total. The number of nitrogen functional groups attached to an aromatic ring is 1. The van der Waals surface area contributed by atoms with Crippen molar-refractivity contribution in [3.8, 4) is 17.0 Å². The topological polar surface area (TPSA) is 53.1 Å². The normalized spacial score (nSPS) is 14.7. The van der Waals surface area contributed by atoms with E-state index in [1.54, 1.807) is 7.11 Å². The number of rotatable bonds is 3. The molecule has 1 fully saturated rings. The molecule has 0 radical (unpaired) electrons. The Labute approximate surface area is 120 Å². The fourth-order valence-electron chi connectivity index (χ4n) is 2.42. The van der Waals surface area contributed by atoms with Crippen molar-refractivity contribution in [1.82, 2.24) is 9.55 Å². The van der Waals surface area contributed by atoms with Gasteiger partial charge in [0.15, 0.2) is 0 Å². The highest BCUT2D eigenvalue weighted by atomic mass is 79.9. The lowest BCUT2D eigenvalue weighted by Gasteiger charge is -2.09. The zero-order valence-corrected chi connectivity index (χ0v) is 12.6. The van der Waals surface area contributed by atoms with Gasteiger partial charge in [0, 0.05) is 16.1 Å². The molecule has 1 aliphatic rings. The number of nitrogens with two attached hydrogens (primary N) is 1. The molecule has 1 saturated carbocycles. The predicted molar refractivity (Wildman–Crippen MR) is 79.3 cm³/mol. The standard InChI is InChI=1S/C14H16BrN3O/c1-8-17-13(14(16)18(8)10-4-5-10)11-7-9(15)3-6-12(11)19-2/h3,6-7,10H,4-5,16H2,1-2H3. The maximum atomic E-state index is 6.28. The van der Waals surface area contributed by atoms with E-state index in [-0.39, 0.29) is 0 Å². The van der Waals surface area contributed by atoms with Gasteiger partial charge in [-0.3, -0.25) is 0 Å². The van der Waals surface area contributed by atoms with Crippen LogP contribution < -0.4 is 10.5 Å². The summed E-state index contributed by atoms with van der Waals surface area (Å²) in [5.74, 6) is 2.49. The Morgan fingerprint density at radius 2 is 2.16 bits per heavy atom. The van der Waals surface area contributed by atoms with Crippen LogP contribution in [0.3, 0.4) is 0 Å². The van der Waals surface area contributed by atoms with Crippen molar-refractivity contribution in [2.24, 2.45) is 0 Å². The Morgan fingerprint density at radius 3 is 2.79 bits per heavy atom. The van der Waals surface area contributed by atoms with Crippen molar-refractivity contribution >= 4 is 21.7 Å². The molecule has 0 bridgehead atoms. The Morgan fingerprint density at radius 1 is 1.42 bits per heavy atom. The molecule has 1 aliphatic carbocycles.